The molecule has 0 heterocycles. The Morgan fingerprint density at radius 1 is 0.750 bits per heavy atom. The molecule has 1 unspecified atom stereocenters. The molecule has 4 aromatic carbocycles. The van der Waals surface area contributed by atoms with Gasteiger partial charge in [0.05, 0.1) is 10.9 Å². The summed E-state index contributed by atoms with van der Waals surface area (Å²) in [7, 11) is -0.282. The Hall–Kier alpha value is -3.53. The molecule has 0 bridgehead atoms. The number of thioether (sulfide) groups is 1. The number of ketones is 1. The summed E-state index contributed by atoms with van der Waals surface area (Å²) in [6.45, 7) is 7.95. The molecule has 36 heavy (non-hydrogen) atoms. The third-order valence-corrected chi connectivity index (χ3v) is 8.80. The topological polar surface area (TPSA) is 17.1 Å². The van der Waals surface area contributed by atoms with Crippen LogP contribution in [0.3, 0.4) is 0 Å². The Bertz CT molecular complexity index is 1360. The van der Waals surface area contributed by atoms with Crippen molar-refractivity contribution in [3.63, 3.8) is 0 Å². The SMILES string of the molecule is C=C/C=C(\C=C/C)Sc1ccc([S+](c2ccc(C)cc2)c2ccc(C(=O)c3ccccc3)cc2)cc1. The summed E-state index contributed by atoms with van der Waals surface area (Å²) < 4.78 is 0. The molecule has 0 aliphatic carbocycles. The minimum atomic E-state index is -0.282. The largest absolute Gasteiger partial charge is 0.289 e. The van der Waals surface area contributed by atoms with Crippen molar-refractivity contribution in [3.8, 4) is 0 Å². The predicted molar refractivity (Wildman–Crippen MR) is 155 cm³/mol. The first-order valence-corrected chi connectivity index (χ1v) is 13.9. The van der Waals surface area contributed by atoms with Crippen LogP contribution < -0.4 is 0 Å². The molecule has 4 aromatic rings. The molecule has 0 saturated heterocycles. The minimum Gasteiger partial charge on any atom is -0.289 e. The highest BCUT2D eigenvalue weighted by molar-refractivity contribution is 8.03. The molecular weight excluding hydrogens is 476 g/mol. The lowest BCUT2D eigenvalue weighted by molar-refractivity contribution is 0.103. The van der Waals surface area contributed by atoms with E-state index in [1.165, 1.54) is 25.1 Å². The highest BCUT2D eigenvalue weighted by Gasteiger charge is 2.29. The molecule has 1 atom stereocenters. The number of aryl methyl sites for hydroxylation is 1. The summed E-state index contributed by atoms with van der Waals surface area (Å²) in [5, 5.41) is 0. The van der Waals surface area contributed by atoms with Crippen LogP contribution in [0.25, 0.3) is 0 Å². The molecule has 4 rings (SSSR count). The van der Waals surface area contributed by atoms with E-state index < -0.39 is 0 Å². The van der Waals surface area contributed by atoms with Crippen molar-refractivity contribution in [1.29, 1.82) is 0 Å². The monoisotopic (exact) mass is 505 g/mol. The summed E-state index contributed by atoms with van der Waals surface area (Å²) in [6.07, 6.45) is 7.97. The van der Waals surface area contributed by atoms with E-state index in [0.717, 1.165) is 4.91 Å². The number of carbonyl (C=O) groups is 1. The Labute approximate surface area is 221 Å². The molecule has 0 amide bonds. The molecule has 0 aliphatic rings. The maximum absolute atomic E-state index is 12.9. The van der Waals surface area contributed by atoms with Gasteiger partial charge >= 0.3 is 0 Å². The van der Waals surface area contributed by atoms with E-state index in [2.05, 4.69) is 80.2 Å². The predicted octanol–water partition coefficient (Wildman–Crippen LogP) is 9.06. The second kappa shape index (κ2) is 12.4. The van der Waals surface area contributed by atoms with Crippen molar-refractivity contribution in [2.75, 3.05) is 0 Å². The fourth-order valence-electron chi connectivity index (χ4n) is 3.77. The van der Waals surface area contributed by atoms with E-state index in [0.29, 0.717) is 11.1 Å². The lowest BCUT2D eigenvalue weighted by atomic mass is 10.0. The van der Waals surface area contributed by atoms with Crippen LogP contribution in [0.2, 0.25) is 0 Å². The molecule has 0 N–H and O–H groups in total. The molecule has 0 aromatic heterocycles. The van der Waals surface area contributed by atoms with E-state index in [4.69, 9.17) is 0 Å². The highest BCUT2D eigenvalue weighted by atomic mass is 32.2. The number of carbonyl (C=O) groups excluding carboxylic acids is 1. The summed E-state index contributed by atoms with van der Waals surface area (Å²) in [6, 6.07) is 35.1. The number of hydrogen-bond acceptors (Lipinski definition) is 2. The lowest BCUT2D eigenvalue weighted by Crippen LogP contribution is -2.06. The van der Waals surface area contributed by atoms with Crippen molar-refractivity contribution in [2.45, 2.75) is 33.4 Å². The zero-order valence-electron chi connectivity index (χ0n) is 20.6. The fourth-order valence-corrected chi connectivity index (χ4v) is 6.72. The van der Waals surface area contributed by atoms with E-state index in [1.54, 1.807) is 11.8 Å². The van der Waals surface area contributed by atoms with Crippen molar-refractivity contribution in [3.05, 3.63) is 156 Å². The normalized spacial score (nSPS) is 12.4. The number of allylic oxidation sites excluding steroid dienone is 4. The maximum Gasteiger partial charge on any atom is 0.193 e. The van der Waals surface area contributed by atoms with Crippen LogP contribution in [0.5, 0.6) is 0 Å². The zero-order chi connectivity index (χ0) is 25.3. The van der Waals surface area contributed by atoms with Crippen molar-refractivity contribution < 1.29 is 4.79 Å². The molecular formula is C33H29OS2+. The Morgan fingerprint density at radius 3 is 1.83 bits per heavy atom. The van der Waals surface area contributed by atoms with Crippen LogP contribution in [-0.2, 0) is 10.9 Å². The van der Waals surface area contributed by atoms with Crippen LogP contribution in [-0.4, -0.2) is 5.78 Å². The smallest absolute Gasteiger partial charge is 0.193 e. The molecule has 0 saturated carbocycles. The van der Waals surface area contributed by atoms with Crippen LogP contribution in [0.15, 0.2) is 158 Å². The standard InChI is InChI=1S/C33H29OS2/c1-4-9-28(10-5-2)35-29-17-23-32(24-18-29)36(30-19-13-25(3)14-20-30)31-21-15-27(16-22-31)33(34)26-11-7-6-8-12-26/h4-24H,1H2,2-3H3/q+1/b10-5-,28-9+. The van der Waals surface area contributed by atoms with E-state index >= 15 is 0 Å². The third kappa shape index (κ3) is 6.37. The maximum atomic E-state index is 12.9. The van der Waals surface area contributed by atoms with Gasteiger partial charge in [-0.05, 0) is 80.6 Å². The molecule has 0 radical (unpaired) electrons. The lowest BCUT2D eigenvalue weighted by Gasteiger charge is -2.10. The average Bonchev–Trinajstić information content (AvgIpc) is 2.92. The number of rotatable bonds is 9. The molecule has 0 spiro atoms. The van der Waals surface area contributed by atoms with Gasteiger partial charge in [-0.25, -0.2) is 0 Å². The first-order chi connectivity index (χ1) is 17.6. The van der Waals surface area contributed by atoms with Gasteiger partial charge < -0.3 is 0 Å². The van der Waals surface area contributed by atoms with Gasteiger partial charge in [0, 0.05) is 20.9 Å². The van der Waals surface area contributed by atoms with Crippen molar-refractivity contribution >= 4 is 28.4 Å². The van der Waals surface area contributed by atoms with Crippen LogP contribution in [0, 0.1) is 6.92 Å². The fraction of sp³-hybridized carbons (Fsp3) is 0.0606. The van der Waals surface area contributed by atoms with Gasteiger partial charge in [0.2, 0.25) is 0 Å². The second-order valence-corrected chi connectivity index (χ2v) is 11.4. The summed E-state index contributed by atoms with van der Waals surface area (Å²) in [5.41, 5.74) is 2.65. The van der Waals surface area contributed by atoms with Crippen LogP contribution in [0.1, 0.15) is 28.4 Å². The Kier molecular flexibility index (Phi) is 8.83. The van der Waals surface area contributed by atoms with Crippen molar-refractivity contribution in [2.24, 2.45) is 0 Å². The molecule has 0 aliphatic heterocycles. The molecule has 178 valence electrons. The van der Waals surface area contributed by atoms with Gasteiger partial charge in [-0.15, -0.1) is 0 Å². The van der Waals surface area contributed by atoms with Gasteiger partial charge in [0.25, 0.3) is 0 Å². The van der Waals surface area contributed by atoms with Gasteiger partial charge in [-0.1, -0.05) is 84.6 Å². The third-order valence-electron chi connectivity index (χ3n) is 5.55. The quantitative estimate of drug-likeness (QED) is 0.0976. The van der Waals surface area contributed by atoms with E-state index in [-0.39, 0.29) is 16.7 Å². The molecule has 1 nitrogen and oxygen atoms in total. The van der Waals surface area contributed by atoms with Gasteiger partial charge in [0.15, 0.2) is 20.5 Å². The first-order valence-electron chi connectivity index (χ1n) is 11.8. The van der Waals surface area contributed by atoms with Crippen LogP contribution in [0.4, 0.5) is 0 Å². The summed E-state index contributed by atoms with van der Waals surface area (Å²) >= 11 is 1.72. The molecule has 3 heteroatoms. The van der Waals surface area contributed by atoms with E-state index in [1.807, 2.05) is 67.6 Å². The summed E-state index contributed by atoms with van der Waals surface area (Å²) in [4.78, 5) is 18.9. The Balaban J connectivity index is 1.66. The van der Waals surface area contributed by atoms with Crippen molar-refractivity contribution in [1.82, 2.24) is 0 Å². The summed E-state index contributed by atoms with van der Waals surface area (Å²) in [5.74, 6) is 0.0447. The number of hydrogen-bond donors (Lipinski definition) is 0. The molecule has 0 fully saturated rings. The van der Waals surface area contributed by atoms with Gasteiger partial charge in [0.1, 0.15) is 0 Å². The second-order valence-electron chi connectivity index (χ2n) is 8.22. The minimum absolute atomic E-state index is 0.0447. The zero-order valence-corrected chi connectivity index (χ0v) is 22.2. The van der Waals surface area contributed by atoms with Gasteiger partial charge in [-0.3, -0.25) is 4.79 Å². The van der Waals surface area contributed by atoms with E-state index in [9.17, 15) is 4.79 Å². The highest BCUT2D eigenvalue weighted by Crippen LogP contribution is 2.34. The van der Waals surface area contributed by atoms with Gasteiger partial charge in [-0.2, -0.15) is 0 Å². The average molecular weight is 506 g/mol. The Morgan fingerprint density at radius 2 is 1.28 bits per heavy atom. The first kappa shape index (κ1) is 25.6. The number of benzene rings is 4. The van der Waals surface area contributed by atoms with Crippen LogP contribution >= 0.6 is 11.8 Å².